The Morgan fingerprint density at radius 3 is 0.685 bits per heavy atom. The van der Waals surface area contributed by atoms with Crippen molar-refractivity contribution < 1.29 is 28.6 Å². The fourth-order valence-corrected chi connectivity index (χ4v) is 10.3. The van der Waals surface area contributed by atoms with Crippen molar-refractivity contribution in [1.82, 2.24) is 0 Å². The first kappa shape index (κ1) is 71.2. The Morgan fingerprint density at radius 1 is 0.260 bits per heavy atom. The highest BCUT2D eigenvalue weighted by molar-refractivity contribution is 5.71. The van der Waals surface area contributed by atoms with Crippen molar-refractivity contribution in [1.29, 1.82) is 0 Å². The van der Waals surface area contributed by atoms with Crippen molar-refractivity contribution in [3.05, 3.63) is 12.2 Å². The number of allylic oxidation sites excluding steroid dienone is 2. The highest BCUT2D eigenvalue weighted by atomic mass is 16.6. The summed E-state index contributed by atoms with van der Waals surface area (Å²) in [6.45, 7) is 6.72. The number of hydrogen-bond donors (Lipinski definition) is 0. The highest BCUT2D eigenvalue weighted by Crippen LogP contribution is 2.18. The van der Waals surface area contributed by atoms with Gasteiger partial charge in [-0.1, -0.05) is 328 Å². The molecule has 0 aliphatic heterocycles. The van der Waals surface area contributed by atoms with Crippen LogP contribution in [0, 0.1) is 0 Å². The number of carbonyl (C=O) groups excluding carboxylic acids is 3. The van der Waals surface area contributed by atoms with E-state index in [1.165, 1.54) is 283 Å². The van der Waals surface area contributed by atoms with Gasteiger partial charge in [-0.25, -0.2) is 0 Å². The number of esters is 3. The molecule has 432 valence electrons. The van der Waals surface area contributed by atoms with E-state index in [9.17, 15) is 14.4 Å². The molecule has 0 saturated carbocycles. The molecule has 0 heterocycles. The van der Waals surface area contributed by atoms with Crippen LogP contribution in [0.5, 0.6) is 0 Å². The third kappa shape index (κ3) is 60.9. The van der Waals surface area contributed by atoms with Crippen LogP contribution in [-0.2, 0) is 28.6 Å². The van der Waals surface area contributed by atoms with E-state index in [1.54, 1.807) is 0 Å². The number of carbonyl (C=O) groups is 3. The van der Waals surface area contributed by atoms with Crippen molar-refractivity contribution >= 4 is 17.9 Å². The average Bonchev–Trinajstić information content (AvgIpc) is 3.39. The summed E-state index contributed by atoms with van der Waals surface area (Å²) in [5.74, 6) is -0.830. The van der Waals surface area contributed by atoms with Gasteiger partial charge in [-0.3, -0.25) is 14.4 Å². The molecule has 0 amide bonds. The molecule has 0 radical (unpaired) electrons. The summed E-state index contributed by atoms with van der Waals surface area (Å²) >= 11 is 0. The van der Waals surface area contributed by atoms with Crippen LogP contribution in [-0.4, -0.2) is 37.2 Å². The van der Waals surface area contributed by atoms with Crippen LogP contribution in [0.15, 0.2) is 12.2 Å². The normalized spacial score (nSPS) is 12.0. The van der Waals surface area contributed by atoms with Gasteiger partial charge in [-0.2, -0.15) is 0 Å². The molecule has 1 unspecified atom stereocenters. The number of rotatable bonds is 62. The van der Waals surface area contributed by atoms with Crippen molar-refractivity contribution in [2.24, 2.45) is 0 Å². The molecule has 0 aromatic carbocycles. The zero-order chi connectivity index (χ0) is 52.9. The van der Waals surface area contributed by atoms with E-state index in [0.29, 0.717) is 19.3 Å². The average molecular weight is 1030 g/mol. The molecular weight excluding hydrogens is 901 g/mol. The van der Waals surface area contributed by atoms with Gasteiger partial charge < -0.3 is 14.2 Å². The van der Waals surface area contributed by atoms with Crippen LogP contribution in [0.25, 0.3) is 0 Å². The number of hydrogen-bond acceptors (Lipinski definition) is 6. The minimum absolute atomic E-state index is 0.0630. The van der Waals surface area contributed by atoms with Crippen molar-refractivity contribution in [3.63, 3.8) is 0 Å². The van der Waals surface area contributed by atoms with E-state index >= 15 is 0 Å². The highest BCUT2D eigenvalue weighted by Gasteiger charge is 2.19. The van der Waals surface area contributed by atoms with Gasteiger partial charge in [0.05, 0.1) is 0 Å². The SMILES string of the molecule is CCCCCCCCCC/C=C\CCCCCCCCCCCCCC(=O)OCC(COC(=O)CCCCCCCCCCCCCCCCCC)OC(=O)CCCCCCCCCCCCCCCCCC. The third-order valence-electron chi connectivity index (χ3n) is 15.3. The predicted octanol–water partition coefficient (Wildman–Crippen LogP) is 22.4. The molecule has 73 heavy (non-hydrogen) atoms. The van der Waals surface area contributed by atoms with Crippen molar-refractivity contribution in [3.8, 4) is 0 Å². The maximum Gasteiger partial charge on any atom is 0.306 e. The molecule has 0 saturated heterocycles. The van der Waals surface area contributed by atoms with E-state index in [4.69, 9.17) is 14.2 Å². The molecule has 0 aromatic rings. The lowest BCUT2D eigenvalue weighted by Gasteiger charge is -2.18. The molecule has 6 heteroatoms. The molecule has 6 nitrogen and oxygen atoms in total. The minimum atomic E-state index is -0.765. The maximum atomic E-state index is 12.9. The standard InChI is InChI=1S/C67H128O6/c1-4-7-10-13-16-19-22-25-28-31-32-33-34-35-36-37-40-42-45-48-51-54-57-60-66(69)72-63-64(73-67(70)61-58-55-52-49-46-43-39-30-27-24-21-18-15-12-9-6-3)62-71-65(68)59-56-53-50-47-44-41-38-29-26-23-20-17-14-11-8-5-2/h31-32,64H,4-30,33-63H2,1-3H3/b32-31-. The molecule has 0 N–H and O–H groups in total. The Balaban J connectivity index is 4.26. The quantitative estimate of drug-likeness (QED) is 0.0261. The van der Waals surface area contributed by atoms with E-state index in [0.717, 1.165) is 57.8 Å². The topological polar surface area (TPSA) is 78.9 Å². The first-order valence-electron chi connectivity index (χ1n) is 33.2. The fraction of sp³-hybridized carbons (Fsp3) is 0.925. The summed E-state index contributed by atoms with van der Waals surface area (Å²) in [6.07, 6.45) is 73.6. The lowest BCUT2D eigenvalue weighted by molar-refractivity contribution is -0.167. The van der Waals surface area contributed by atoms with E-state index < -0.39 is 6.10 Å². The van der Waals surface area contributed by atoms with Gasteiger partial charge in [0.25, 0.3) is 0 Å². The second kappa shape index (κ2) is 62.7. The Labute approximate surface area is 456 Å². The molecular formula is C67H128O6. The first-order valence-corrected chi connectivity index (χ1v) is 33.2. The summed E-state index contributed by atoms with van der Waals surface area (Å²) in [7, 11) is 0. The summed E-state index contributed by atoms with van der Waals surface area (Å²) in [5, 5.41) is 0. The minimum Gasteiger partial charge on any atom is -0.462 e. The van der Waals surface area contributed by atoms with Gasteiger partial charge in [0, 0.05) is 19.3 Å². The Kier molecular flexibility index (Phi) is 61.1. The van der Waals surface area contributed by atoms with Crippen LogP contribution >= 0.6 is 0 Å². The predicted molar refractivity (Wildman–Crippen MR) is 317 cm³/mol. The lowest BCUT2D eigenvalue weighted by atomic mass is 10.0. The summed E-state index contributed by atoms with van der Waals surface area (Å²) < 4.78 is 17.0. The number of ether oxygens (including phenoxy) is 3. The Hall–Kier alpha value is -1.85. The van der Waals surface area contributed by atoms with Gasteiger partial charge in [0.1, 0.15) is 13.2 Å². The Morgan fingerprint density at radius 2 is 0.452 bits per heavy atom. The summed E-state index contributed by atoms with van der Waals surface area (Å²) in [4.78, 5) is 38.3. The second-order valence-electron chi connectivity index (χ2n) is 22.7. The zero-order valence-electron chi connectivity index (χ0n) is 49.7. The maximum absolute atomic E-state index is 12.9. The smallest absolute Gasteiger partial charge is 0.306 e. The number of unbranched alkanes of at least 4 members (excludes halogenated alkanes) is 49. The molecule has 0 rings (SSSR count). The van der Waals surface area contributed by atoms with Gasteiger partial charge in [-0.05, 0) is 44.9 Å². The largest absolute Gasteiger partial charge is 0.462 e. The van der Waals surface area contributed by atoms with Gasteiger partial charge in [0.2, 0.25) is 0 Å². The van der Waals surface area contributed by atoms with Crippen molar-refractivity contribution in [2.75, 3.05) is 13.2 Å². The Bertz CT molecular complexity index is 1130. The van der Waals surface area contributed by atoms with E-state index in [-0.39, 0.29) is 31.1 Å². The summed E-state index contributed by atoms with van der Waals surface area (Å²) in [6, 6.07) is 0. The molecule has 0 bridgehead atoms. The monoisotopic (exact) mass is 1030 g/mol. The van der Waals surface area contributed by atoms with E-state index in [2.05, 4.69) is 32.9 Å². The lowest BCUT2D eigenvalue weighted by Crippen LogP contribution is -2.30. The van der Waals surface area contributed by atoms with Gasteiger partial charge >= 0.3 is 17.9 Å². The van der Waals surface area contributed by atoms with Crippen molar-refractivity contribution in [2.45, 2.75) is 386 Å². The molecule has 0 fully saturated rings. The molecule has 0 spiro atoms. The van der Waals surface area contributed by atoms with Gasteiger partial charge in [-0.15, -0.1) is 0 Å². The van der Waals surface area contributed by atoms with Crippen LogP contribution in [0.2, 0.25) is 0 Å². The molecule has 0 aliphatic rings. The second-order valence-corrected chi connectivity index (χ2v) is 22.7. The zero-order valence-corrected chi connectivity index (χ0v) is 49.7. The molecule has 1 atom stereocenters. The van der Waals surface area contributed by atoms with Crippen LogP contribution in [0.1, 0.15) is 380 Å². The van der Waals surface area contributed by atoms with Crippen LogP contribution in [0.4, 0.5) is 0 Å². The van der Waals surface area contributed by atoms with Gasteiger partial charge in [0.15, 0.2) is 6.10 Å². The first-order chi connectivity index (χ1) is 36.0. The molecule has 0 aromatic heterocycles. The van der Waals surface area contributed by atoms with Crippen LogP contribution < -0.4 is 0 Å². The third-order valence-corrected chi connectivity index (χ3v) is 15.3. The van der Waals surface area contributed by atoms with Crippen LogP contribution in [0.3, 0.4) is 0 Å². The van der Waals surface area contributed by atoms with E-state index in [1.807, 2.05) is 0 Å². The summed E-state index contributed by atoms with van der Waals surface area (Å²) in [5.41, 5.74) is 0. The fourth-order valence-electron chi connectivity index (χ4n) is 10.3. The molecule has 0 aliphatic carbocycles.